The Labute approximate surface area is 138 Å². The number of nitrogens with zero attached hydrogens (tertiary/aromatic N) is 1. The van der Waals surface area contributed by atoms with Gasteiger partial charge in [-0.2, -0.15) is 0 Å². The summed E-state index contributed by atoms with van der Waals surface area (Å²) in [6, 6.07) is 16.0. The zero-order chi connectivity index (χ0) is 16.9. The number of carbonyl (C=O) groups excluding carboxylic acids is 3. The first-order valence-electron chi connectivity index (χ1n) is 7.39. The number of hydrogen-bond acceptors (Lipinski definition) is 4. The van der Waals surface area contributed by atoms with E-state index in [9.17, 15) is 14.4 Å². The second-order valence-electron chi connectivity index (χ2n) is 5.16. The van der Waals surface area contributed by atoms with Crippen molar-refractivity contribution in [1.82, 2.24) is 5.06 Å². The van der Waals surface area contributed by atoms with Crippen LogP contribution in [0.2, 0.25) is 0 Å². The molecule has 0 aromatic heterocycles. The molecule has 2 amide bonds. The molecule has 0 bridgehead atoms. The van der Waals surface area contributed by atoms with Crippen LogP contribution in [0.15, 0.2) is 54.6 Å². The van der Waals surface area contributed by atoms with Gasteiger partial charge in [0.2, 0.25) is 0 Å². The number of carbonyl (C=O) groups is 3. The van der Waals surface area contributed by atoms with E-state index in [2.05, 4.69) is 11.8 Å². The zero-order valence-corrected chi connectivity index (χ0v) is 12.7. The van der Waals surface area contributed by atoms with E-state index in [1.165, 1.54) is 0 Å². The van der Waals surface area contributed by atoms with Crippen LogP contribution in [0, 0.1) is 11.8 Å². The predicted molar refractivity (Wildman–Crippen MR) is 85.4 cm³/mol. The standard InChI is InChI=1S/C19H13NO4/c21-17-11-12-18(22)20(17)24-19(23)16-8-4-7-15(13-16)10-9-14-5-2-1-3-6-14/h1-8,13H,11-12H2. The molecular weight excluding hydrogens is 306 g/mol. The third-order valence-electron chi connectivity index (χ3n) is 3.40. The van der Waals surface area contributed by atoms with Crippen molar-refractivity contribution in [2.24, 2.45) is 0 Å². The van der Waals surface area contributed by atoms with Crippen molar-refractivity contribution in [1.29, 1.82) is 0 Å². The molecule has 3 rings (SSSR count). The van der Waals surface area contributed by atoms with Gasteiger partial charge in [0.1, 0.15) is 0 Å². The number of imide groups is 1. The monoisotopic (exact) mass is 319 g/mol. The lowest BCUT2D eigenvalue weighted by Gasteiger charge is -2.12. The molecule has 2 aromatic carbocycles. The van der Waals surface area contributed by atoms with Gasteiger partial charge < -0.3 is 4.84 Å². The topological polar surface area (TPSA) is 63.7 Å². The van der Waals surface area contributed by atoms with E-state index in [0.29, 0.717) is 10.6 Å². The van der Waals surface area contributed by atoms with Gasteiger partial charge in [-0.1, -0.05) is 36.1 Å². The molecule has 1 heterocycles. The van der Waals surface area contributed by atoms with Crippen molar-refractivity contribution >= 4 is 17.8 Å². The van der Waals surface area contributed by atoms with Crippen LogP contribution < -0.4 is 0 Å². The number of hydroxylamine groups is 2. The fourth-order valence-corrected chi connectivity index (χ4v) is 2.18. The molecule has 0 N–H and O–H groups in total. The minimum Gasteiger partial charge on any atom is -0.325 e. The van der Waals surface area contributed by atoms with Gasteiger partial charge in [-0.15, -0.1) is 5.06 Å². The Balaban J connectivity index is 1.76. The van der Waals surface area contributed by atoms with Crippen LogP contribution in [0.25, 0.3) is 0 Å². The van der Waals surface area contributed by atoms with Crippen LogP contribution in [0.4, 0.5) is 0 Å². The van der Waals surface area contributed by atoms with Crippen LogP contribution in [-0.2, 0) is 14.4 Å². The summed E-state index contributed by atoms with van der Waals surface area (Å²) in [7, 11) is 0. The fraction of sp³-hybridized carbons (Fsp3) is 0.105. The molecule has 0 unspecified atom stereocenters. The average molecular weight is 319 g/mol. The highest BCUT2D eigenvalue weighted by molar-refractivity contribution is 6.02. The number of rotatable bonds is 2. The lowest BCUT2D eigenvalue weighted by Crippen LogP contribution is -2.32. The first-order valence-corrected chi connectivity index (χ1v) is 7.39. The van der Waals surface area contributed by atoms with E-state index in [1.54, 1.807) is 24.3 Å². The van der Waals surface area contributed by atoms with Crippen LogP contribution in [0.1, 0.15) is 34.3 Å². The minimum atomic E-state index is -0.762. The summed E-state index contributed by atoms with van der Waals surface area (Å²) in [6.45, 7) is 0. The number of benzene rings is 2. The summed E-state index contributed by atoms with van der Waals surface area (Å²) in [6.07, 6.45) is 0.128. The Morgan fingerprint density at radius 2 is 1.50 bits per heavy atom. The summed E-state index contributed by atoms with van der Waals surface area (Å²) >= 11 is 0. The lowest BCUT2D eigenvalue weighted by molar-refractivity contribution is -0.172. The van der Waals surface area contributed by atoms with Gasteiger partial charge in [0.15, 0.2) is 0 Å². The van der Waals surface area contributed by atoms with Crippen LogP contribution in [0.5, 0.6) is 0 Å². The molecule has 1 saturated heterocycles. The van der Waals surface area contributed by atoms with E-state index in [1.807, 2.05) is 30.3 Å². The molecule has 118 valence electrons. The summed E-state index contributed by atoms with van der Waals surface area (Å²) in [5, 5.41) is 0.532. The summed E-state index contributed by atoms with van der Waals surface area (Å²) in [5.74, 6) is 4.18. The van der Waals surface area contributed by atoms with Crippen molar-refractivity contribution in [3.63, 3.8) is 0 Å². The van der Waals surface area contributed by atoms with Gasteiger partial charge in [0.05, 0.1) is 5.56 Å². The molecule has 24 heavy (non-hydrogen) atoms. The lowest BCUT2D eigenvalue weighted by atomic mass is 10.1. The van der Waals surface area contributed by atoms with Crippen LogP contribution in [0.3, 0.4) is 0 Å². The summed E-state index contributed by atoms with van der Waals surface area (Å²) < 4.78 is 0. The predicted octanol–water partition coefficient (Wildman–Crippen LogP) is 2.31. The molecule has 1 aliphatic rings. The molecule has 1 fully saturated rings. The minimum absolute atomic E-state index is 0.0642. The Morgan fingerprint density at radius 1 is 0.875 bits per heavy atom. The Hall–Kier alpha value is -3.39. The first kappa shape index (κ1) is 15.5. The third kappa shape index (κ3) is 3.50. The SMILES string of the molecule is O=C(ON1C(=O)CCC1=O)c1cccc(C#Cc2ccccc2)c1. The Bertz CT molecular complexity index is 846. The van der Waals surface area contributed by atoms with Crippen molar-refractivity contribution < 1.29 is 19.2 Å². The number of amides is 2. The molecule has 0 atom stereocenters. The van der Waals surface area contributed by atoms with E-state index in [0.717, 1.165) is 5.56 Å². The van der Waals surface area contributed by atoms with E-state index < -0.39 is 17.8 Å². The van der Waals surface area contributed by atoms with E-state index >= 15 is 0 Å². The normalized spacial score (nSPS) is 13.4. The number of hydrogen-bond donors (Lipinski definition) is 0. The molecule has 5 heteroatoms. The third-order valence-corrected chi connectivity index (χ3v) is 3.40. The smallest absolute Gasteiger partial charge is 0.325 e. The van der Waals surface area contributed by atoms with E-state index in [4.69, 9.17) is 4.84 Å². The molecule has 2 aromatic rings. The highest BCUT2D eigenvalue weighted by Crippen LogP contribution is 2.14. The summed E-state index contributed by atoms with van der Waals surface area (Å²) in [4.78, 5) is 40.0. The molecule has 1 aliphatic heterocycles. The van der Waals surface area contributed by atoms with Crippen molar-refractivity contribution in [3.8, 4) is 11.8 Å². The molecule has 0 radical (unpaired) electrons. The van der Waals surface area contributed by atoms with Gasteiger partial charge in [-0.25, -0.2) is 4.79 Å². The molecule has 0 saturated carbocycles. The Morgan fingerprint density at radius 3 is 2.21 bits per heavy atom. The van der Waals surface area contributed by atoms with Gasteiger partial charge in [-0.05, 0) is 30.3 Å². The second kappa shape index (κ2) is 6.80. The van der Waals surface area contributed by atoms with Crippen molar-refractivity contribution in [2.75, 3.05) is 0 Å². The van der Waals surface area contributed by atoms with Crippen molar-refractivity contribution in [2.45, 2.75) is 12.8 Å². The quantitative estimate of drug-likeness (QED) is 0.629. The molecule has 0 aliphatic carbocycles. The maximum absolute atomic E-state index is 12.1. The molecule has 0 spiro atoms. The second-order valence-corrected chi connectivity index (χ2v) is 5.16. The van der Waals surface area contributed by atoms with Gasteiger partial charge in [0, 0.05) is 24.0 Å². The summed E-state index contributed by atoms with van der Waals surface area (Å²) in [5.41, 5.74) is 1.72. The molecular formula is C19H13NO4. The first-order chi connectivity index (χ1) is 11.6. The highest BCUT2D eigenvalue weighted by atomic mass is 16.7. The maximum atomic E-state index is 12.1. The average Bonchev–Trinajstić information content (AvgIpc) is 2.93. The highest BCUT2D eigenvalue weighted by Gasteiger charge is 2.33. The molecule has 5 nitrogen and oxygen atoms in total. The fourth-order valence-electron chi connectivity index (χ4n) is 2.18. The van der Waals surface area contributed by atoms with Crippen LogP contribution >= 0.6 is 0 Å². The van der Waals surface area contributed by atoms with E-state index in [-0.39, 0.29) is 18.4 Å². The van der Waals surface area contributed by atoms with Gasteiger partial charge in [-0.3, -0.25) is 9.59 Å². The maximum Gasteiger partial charge on any atom is 0.363 e. The van der Waals surface area contributed by atoms with Crippen molar-refractivity contribution in [3.05, 3.63) is 71.3 Å². The largest absolute Gasteiger partial charge is 0.363 e. The van der Waals surface area contributed by atoms with Gasteiger partial charge in [0.25, 0.3) is 11.8 Å². The zero-order valence-electron chi connectivity index (χ0n) is 12.7. The Kier molecular flexibility index (Phi) is 4.39. The van der Waals surface area contributed by atoms with Gasteiger partial charge >= 0.3 is 5.97 Å². The van der Waals surface area contributed by atoms with Crippen LogP contribution in [-0.4, -0.2) is 22.8 Å².